The van der Waals surface area contributed by atoms with Crippen LogP contribution in [0.25, 0.3) is 0 Å². The minimum atomic E-state index is -1.24. The van der Waals surface area contributed by atoms with Gasteiger partial charge in [0.15, 0.2) is 0 Å². The fraction of sp³-hybridized carbons (Fsp3) is 0.409. The molecule has 2 rings (SSSR count). The lowest BCUT2D eigenvalue weighted by atomic mass is 9.97. The van der Waals surface area contributed by atoms with E-state index in [-0.39, 0.29) is 25.6 Å². The van der Waals surface area contributed by atoms with E-state index in [1.807, 2.05) is 60.7 Å². The van der Waals surface area contributed by atoms with E-state index in [0.29, 0.717) is 6.42 Å². The number of aliphatic carboxylic acids is 1. The Kier molecular flexibility index (Phi) is 7.95. The maximum Gasteiger partial charge on any atom is 0.303 e. The van der Waals surface area contributed by atoms with Gasteiger partial charge in [-0.15, -0.1) is 0 Å². The molecule has 146 valence electrons. The number of rotatable bonds is 11. The molecule has 1 unspecified atom stereocenters. The van der Waals surface area contributed by atoms with Crippen LogP contribution in [0.3, 0.4) is 0 Å². The Labute approximate surface area is 160 Å². The Balaban J connectivity index is 1.98. The third kappa shape index (κ3) is 6.77. The highest BCUT2D eigenvalue weighted by molar-refractivity contribution is 5.66. The van der Waals surface area contributed by atoms with E-state index in [4.69, 9.17) is 9.84 Å². The van der Waals surface area contributed by atoms with Crippen molar-refractivity contribution < 1.29 is 19.0 Å². The predicted octanol–water partition coefficient (Wildman–Crippen LogP) is 4.36. The molecule has 0 heterocycles. The molecule has 0 aliphatic rings. The first kappa shape index (κ1) is 21.1. The second-order valence-electron chi connectivity index (χ2n) is 7.08. The van der Waals surface area contributed by atoms with Gasteiger partial charge in [-0.3, -0.25) is 4.79 Å². The molecular weight excluding hydrogens is 345 g/mol. The fourth-order valence-electron chi connectivity index (χ4n) is 2.84. The highest BCUT2D eigenvalue weighted by atomic mass is 19.1. The second kappa shape index (κ2) is 10.2. The van der Waals surface area contributed by atoms with Crippen molar-refractivity contribution >= 4 is 5.97 Å². The lowest BCUT2D eigenvalue weighted by Crippen LogP contribution is -2.43. The quantitative estimate of drug-likeness (QED) is 0.575. The summed E-state index contributed by atoms with van der Waals surface area (Å²) in [6, 6.07) is 19.7. The molecule has 0 bridgehead atoms. The van der Waals surface area contributed by atoms with Crippen LogP contribution in [0.2, 0.25) is 0 Å². The molecule has 0 saturated heterocycles. The van der Waals surface area contributed by atoms with Gasteiger partial charge in [-0.25, -0.2) is 4.39 Å². The summed E-state index contributed by atoms with van der Waals surface area (Å²) in [6.45, 7) is 3.74. The predicted molar refractivity (Wildman–Crippen MR) is 105 cm³/mol. The highest BCUT2D eigenvalue weighted by Crippen LogP contribution is 2.24. The van der Waals surface area contributed by atoms with E-state index in [0.717, 1.165) is 11.1 Å². The van der Waals surface area contributed by atoms with Crippen LogP contribution < -0.4 is 5.32 Å². The van der Waals surface area contributed by atoms with Gasteiger partial charge in [-0.05, 0) is 31.4 Å². The van der Waals surface area contributed by atoms with Crippen molar-refractivity contribution in [3.8, 4) is 0 Å². The first-order valence-corrected chi connectivity index (χ1v) is 9.23. The number of nitrogens with one attached hydrogen (secondary N) is 1. The van der Waals surface area contributed by atoms with Crippen molar-refractivity contribution in [1.29, 1.82) is 0 Å². The lowest BCUT2D eigenvalue weighted by molar-refractivity contribution is -0.138. The number of hydrogen-bond acceptors (Lipinski definition) is 3. The Hall–Kier alpha value is -2.24. The first-order chi connectivity index (χ1) is 12.9. The summed E-state index contributed by atoms with van der Waals surface area (Å²) in [5, 5.41) is 12.0. The third-order valence-corrected chi connectivity index (χ3v) is 4.53. The van der Waals surface area contributed by atoms with Crippen molar-refractivity contribution in [2.24, 2.45) is 0 Å². The van der Waals surface area contributed by atoms with E-state index in [9.17, 15) is 9.18 Å². The zero-order valence-electron chi connectivity index (χ0n) is 15.9. The number of ether oxygens (including phenoxy) is 1. The molecular formula is C22H28FNO3. The Morgan fingerprint density at radius 1 is 1.07 bits per heavy atom. The molecule has 0 radical (unpaired) electrons. The van der Waals surface area contributed by atoms with Gasteiger partial charge in [0.25, 0.3) is 0 Å². The highest BCUT2D eigenvalue weighted by Gasteiger charge is 2.31. The van der Waals surface area contributed by atoms with Crippen molar-refractivity contribution in [2.75, 3.05) is 13.2 Å². The van der Waals surface area contributed by atoms with Crippen LogP contribution in [0.15, 0.2) is 60.7 Å². The van der Waals surface area contributed by atoms with Crippen LogP contribution in [0.5, 0.6) is 0 Å². The molecule has 0 saturated carbocycles. The summed E-state index contributed by atoms with van der Waals surface area (Å²) in [5.41, 5.74) is 1.14. The fourth-order valence-corrected chi connectivity index (χ4v) is 2.84. The van der Waals surface area contributed by atoms with Crippen LogP contribution >= 0.6 is 0 Å². The van der Waals surface area contributed by atoms with Gasteiger partial charge in [-0.1, -0.05) is 60.7 Å². The van der Waals surface area contributed by atoms with Crippen molar-refractivity contribution in [3.63, 3.8) is 0 Å². The maximum absolute atomic E-state index is 14.9. The molecule has 2 N–H and O–H groups in total. The zero-order valence-corrected chi connectivity index (χ0v) is 15.9. The average Bonchev–Trinajstić information content (AvgIpc) is 2.67. The molecule has 0 aliphatic carbocycles. The topological polar surface area (TPSA) is 58.6 Å². The van der Waals surface area contributed by atoms with Crippen molar-refractivity contribution in [3.05, 3.63) is 71.8 Å². The summed E-state index contributed by atoms with van der Waals surface area (Å²) in [5.74, 6) is -0.872. The monoisotopic (exact) mass is 373 g/mol. The molecule has 0 aromatic heterocycles. The molecule has 4 nitrogen and oxygen atoms in total. The second-order valence-corrected chi connectivity index (χ2v) is 7.08. The van der Waals surface area contributed by atoms with Crippen LogP contribution in [-0.4, -0.2) is 36.0 Å². The minimum absolute atomic E-state index is 0.0232. The molecule has 2 aromatic rings. The summed E-state index contributed by atoms with van der Waals surface area (Å²) in [6.07, 6.45) is -0.845. The van der Waals surface area contributed by atoms with E-state index in [1.54, 1.807) is 13.8 Å². The Morgan fingerprint density at radius 2 is 1.59 bits per heavy atom. The molecule has 1 atom stereocenters. The van der Waals surface area contributed by atoms with Gasteiger partial charge in [0.05, 0.1) is 11.6 Å². The van der Waals surface area contributed by atoms with E-state index in [2.05, 4.69) is 5.32 Å². The Bertz CT molecular complexity index is 652. The SMILES string of the molecule is CC(C)(OCCCC(=O)O)C(F)CNC(c1ccccc1)c1ccccc1. The first-order valence-electron chi connectivity index (χ1n) is 9.23. The number of alkyl halides is 1. The van der Waals surface area contributed by atoms with Crippen molar-refractivity contribution in [2.45, 2.75) is 44.5 Å². The van der Waals surface area contributed by atoms with Crippen LogP contribution in [0, 0.1) is 0 Å². The number of hydrogen-bond donors (Lipinski definition) is 2. The molecule has 27 heavy (non-hydrogen) atoms. The van der Waals surface area contributed by atoms with E-state index in [1.165, 1.54) is 0 Å². The maximum atomic E-state index is 14.9. The molecule has 0 spiro atoms. The summed E-state index contributed by atoms with van der Waals surface area (Å²) in [7, 11) is 0. The van der Waals surface area contributed by atoms with Gasteiger partial charge < -0.3 is 15.2 Å². The van der Waals surface area contributed by atoms with Gasteiger partial charge >= 0.3 is 5.97 Å². The van der Waals surface area contributed by atoms with Gasteiger partial charge in [-0.2, -0.15) is 0 Å². The molecule has 0 fully saturated rings. The number of halogens is 1. The zero-order chi connectivity index (χ0) is 19.7. The summed E-state index contributed by atoms with van der Waals surface area (Å²) >= 11 is 0. The molecule has 5 heteroatoms. The molecule has 0 aliphatic heterocycles. The number of carboxylic acid groups (broad SMARTS) is 1. The Morgan fingerprint density at radius 3 is 2.07 bits per heavy atom. The molecule has 2 aromatic carbocycles. The van der Waals surface area contributed by atoms with E-state index >= 15 is 0 Å². The normalized spacial score (nSPS) is 12.9. The number of carbonyl (C=O) groups is 1. The third-order valence-electron chi connectivity index (χ3n) is 4.53. The number of carboxylic acids is 1. The standard InChI is InChI=1S/C22H28FNO3/c1-22(2,27-15-9-14-20(25)26)19(23)16-24-21(17-10-5-3-6-11-17)18-12-7-4-8-13-18/h3-8,10-13,19,21,24H,9,14-16H2,1-2H3,(H,25,26). The van der Waals surface area contributed by atoms with E-state index < -0.39 is 17.7 Å². The number of benzene rings is 2. The van der Waals surface area contributed by atoms with Gasteiger partial charge in [0.1, 0.15) is 6.17 Å². The van der Waals surface area contributed by atoms with Gasteiger partial charge in [0, 0.05) is 19.6 Å². The molecule has 0 amide bonds. The van der Waals surface area contributed by atoms with Crippen LogP contribution in [0.4, 0.5) is 4.39 Å². The lowest BCUT2D eigenvalue weighted by Gasteiger charge is -2.31. The van der Waals surface area contributed by atoms with Gasteiger partial charge in [0.2, 0.25) is 0 Å². The summed E-state index contributed by atoms with van der Waals surface area (Å²) < 4.78 is 20.5. The summed E-state index contributed by atoms with van der Waals surface area (Å²) in [4.78, 5) is 10.6. The average molecular weight is 373 g/mol. The minimum Gasteiger partial charge on any atom is -0.481 e. The van der Waals surface area contributed by atoms with Crippen molar-refractivity contribution in [1.82, 2.24) is 5.32 Å². The van der Waals surface area contributed by atoms with Crippen LogP contribution in [-0.2, 0) is 9.53 Å². The largest absolute Gasteiger partial charge is 0.481 e. The smallest absolute Gasteiger partial charge is 0.303 e. The van der Waals surface area contributed by atoms with Crippen LogP contribution in [0.1, 0.15) is 43.9 Å².